The smallest absolute Gasteiger partial charge is 0.227 e. The highest BCUT2D eigenvalue weighted by molar-refractivity contribution is 6.36. The first-order chi connectivity index (χ1) is 11.1. The van der Waals surface area contributed by atoms with Crippen LogP contribution in [0, 0.1) is 0 Å². The van der Waals surface area contributed by atoms with Gasteiger partial charge in [0.05, 0.1) is 11.2 Å². The summed E-state index contributed by atoms with van der Waals surface area (Å²) >= 11 is 12.0. The van der Waals surface area contributed by atoms with Gasteiger partial charge in [-0.2, -0.15) is 10.1 Å². The highest BCUT2D eigenvalue weighted by Gasteiger charge is 2.12. The number of aromatic amines is 1. The average Bonchev–Trinajstić information content (AvgIpc) is 3.17. The van der Waals surface area contributed by atoms with Gasteiger partial charge in [0, 0.05) is 23.4 Å². The van der Waals surface area contributed by atoms with Crippen molar-refractivity contribution in [2.24, 2.45) is 0 Å². The number of amides is 1. The standard InChI is InChI=1S/C14H11Cl2N5O2/c15-8-1-2-9(10(16)5-8)11-6-17-13(23-11)4-3-12(22)20-14-18-7-19-21-14/h1-2,5-7H,3-4H2,(H2,18,19,20,21,22). The molecule has 1 amide bonds. The molecule has 0 saturated heterocycles. The Hall–Kier alpha value is -2.38. The number of hydrogen-bond donors (Lipinski definition) is 2. The molecule has 0 bridgehead atoms. The SMILES string of the molecule is O=C(CCc1ncc(-c2ccc(Cl)cc2Cl)o1)Nc1ncn[nH]1. The predicted molar refractivity (Wildman–Crippen MR) is 85.3 cm³/mol. The Balaban J connectivity index is 1.62. The fourth-order valence-corrected chi connectivity index (χ4v) is 2.42. The van der Waals surface area contributed by atoms with Gasteiger partial charge in [0.2, 0.25) is 11.9 Å². The molecular formula is C14H11Cl2N5O2. The van der Waals surface area contributed by atoms with E-state index in [9.17, 15) is 4.79 Å². The van der Waals surface area contributed by atoms with E-state index in [1.165, 1.54) is 6.33 Å². The topological polar surface area (TPSA) is 96.7 Å². The molecule has 7 nitrogen and oxygen atoms in total. The van der Waals surface area contributed by atoms with Crippen molar-refractivity contribution < 1.29 is 9.21 Å². The molecule has 0 aliphatic rings. The van der Waals surface area contributed by atoms with Gasteiger partial charge in [-0.15, -0.1) is 0 Å². The van der Waals surface area contributed by atoms with Crippen molar-refractivity contribution in [2.45, 2.75) is 12.8 Å². The number of nitrogens with one attached hydrogen (secondary N) is 2. The number of aryl methyl sites for hydroxylation is 1. The fraction of sp³-hybridized carbons (Fsp3) is 0.143. The maximum atomic E-state index is 11.7. The summed E-state index contributed by atoms with van der Waals surface area (Å²) in [5.41, 5.74) is 0.695. The Labute approximate surface area is 141 Å². The molecule has 0 aliphatic carbocycles. The van der Waals surface area contributed by atoms with E-state index in [0.29, 0.717) is 39.6 Å². The van der Waals surface area contributed by atoms with Gasteiger partial charge in [-0.05, 0) is 18.2 Å². The number of rotatable bonds is 5. The Kier molecular flexibility index (Phi) is 4.59. The normalized spacial score (nSPS) is 10.7. The second-order valence-corrected chi connectivity index (χ2v) is 5.47. The lowest BCUT2D eigenvalue weighted by Crippen LogP contribution is -2.13. The van der Waals surface area contributed by atoms with Gasteiger partial charge in [-0.3, -0.25) is 10.1 Å². The summed E-state index contributed by atoms with van der Waals surface area (Å²) in [5, 5.41) is 9.78. The van der Waals surface area contributed by atoms with Crippen LogP contribution in [0.1, 0.15) is 12.3 Å². The third-order valence-electron chi connectivity index (χ3n) is 2.99. The second kappa shape index (κ2) is 6.80. The summed E-state index contributed by atoms with van der Waals surface area (Å²) in [7, 11) is 0. The van der Waals surface area contributed by atoms with Crippen LogP contribution in [0.2, 0.25) is 10.0 Å². The molecule has 0 radical (unpaired) electrons. The van der Waals surface area contributed by atoms with Crippen molar-refractivity contribution in [3.8, 4) is 11.3 Å². The first-order valence-electron chi connectivity index (χ1n) is 6.67. The lowest BCUT2D eigenvalue weighted by molar-refractivity contribution is -0.116. The second-order valence-electron chi connectivity index (χ2n) is 4.62. The Morgan fingerprint density at radius 2 is 2.17 bits per heavy atom. The minimum atomic E-state index is -0.217. The molecule has 3 aromatic rings. The van der Waals surface area contributed by atoms with Gasteiger partial charge < -0.3 is 4.42 Å². The lowest BCUT2D eigenvalue weighted by atomic mass is 10.2. The minimum absolute atomic E-state index is 0.203. The van der Waals surface area contributed by atoms with E-state index in [1.54, 1.807) is 24.4 Å². The number of carbonyl (C=O) groups is 1. The van der Waals surface area contributed by atoms with Crippen molar-refractivity contribution in [1.82, 2.24) is 20.2 Å². The number of nitrogens with zero attached hydrogens (tertiary/aromatic N) is 3. The van der Waals surface area contributed by atoms with Crippen LogP contribution in [0.5, 0.6) is 0 Å². The predicted octanol–water partition coefficient (Wildman–Crippen LogP) is 3.34. The van der Waals surface area contributed by atoms with Gasteiger partial charge in [0.1, 0.15) is 6.33 Å². The van der Waals surface area contributed by atoms with Crippen LogP contribution in [0.25, 0.3) is 11.3 Å². The number of benzene rings is 1. The number of anilines is 1. The molecule has 118 valence electrons. The molecule has 0 fully saturated rings. The van der Waals surface area contributed by atoms with Crippen molar-refractivity contribution in [3.05, 3.63) is 46.7 Å². The van der Waals surface area contributed by atoms with E-state index in [1.807, 2.05) is 0 Å². The molecule has 0 aliphatic heterocycles. The Morgan fingerprint density at radius 3 is 2.91 bits per heavy atom. The zero-order valence-electron chi connectivity index (χ0n) is 11.7. The number of aromatic nitrogens is 4. The summed E-state index contributed by atoms with van der Waals surface area (Å²) in [6, 6.07) is 5.10. The molecule has 0 atom stereocenters. The van der Waals surface area contributed by atoms with E-state index in [-0.39, 0.29) is 12.3 Å². The molecule has 9 heteroatoms. The zero-order valence-corrected chi connectivity index (χ0v) is 13.2. The number of halogens is 2. The number of H-pyrrole nitrogens is 1. The van der Waals surface area contributed by atoms with E-state index >= 15 is 0 Å². The maximum Gasteiger partial charge on any atom is 0.227 e. The summed E-state index contributed by atoms with van der Waals surface area (Å²) < 4.78 is 5.62. The quantitative estimate of drug-likeness (QED) is 0.734. The van der Waals surface area contributed by atoms with Crippen LogP contribution >= 0.6 is 23.2 Å². The molecular weight excluding hydrogens is 341 g/mol. The average molecular weight is 352 g/mol. The van der Waals surface area contributed by atoms with Crippen LogP contribution in [0.15, 0.2) is 35.1 Å². The molecule has 2 aromatic heterocycles. The van der Waals surface area contributed by atoms with E-state index in [2.05, 4.69) is 25.5 Å². The maximum absolute atomic E-state index is 11.7. The molecule has 2 N–H and O–H groups in total. The third kappa shape index (κ3) is 3.88. The summed E-state index contributed by atoms with van der Waals surface area (Å²) in [4.78, 5) is 19.7. The van der Waals surface area contributed by atoms with Gasteiger partial charge in [-0.1, -0.05) is 23.2 Å². The van der Waals surface area contributed by atoms with Crippen LogP contribution in [0.3, 0.4) is 0 Å². The van der Waals surface area contributed by atoms with Gasteiger partial charge >= 0.3 is 0 Å². The molecule has 3 rings (SSSR count). The van der Waals surface area contributed by atoms with Gasteiger partial charge in [0.25, 0.3) is 0 Å². The first-order valence-corrected chi connectivity index (χ1v) is 7.43. The molecule has 2 heterocycles. The zero-order chi connectivity index (χ0) is 16.2. The van der Waals surface area contributed by atoms with E-state index < -0.39 is 0 Å². The Morgan fingerprint density at radius 1 is 1.30 bits per heavy atom. The number of carbonyl (C=O) groups excluding carboxylic acids is 1. The van der Waals surface area contributed by atoms with Gasteiger partial charge in [-0.25, -0.2) is 10.1 Å². The highest BCUT2D eigenvalue weighted by atomic mass is 35.5. The third-order valence-corrected chi connectivity index (χ3v) is 3.54. The van der Waals surface area contributed by atoms with Gasteiger partial charge in [0.15, 0.2) is 11.7 Å². The fourth-order valence-electron chi connectivity index (χ4n) is 1.92. The summed E-state index contributed by atoms with van der Waals surface area (Å²) in [6.45, 7) is 0. The highest BCUT2D eigenvalue weighted by Crippen LogP contribution is 2.30. The molecule has 0 saturated carbocycles. The van der Waals surface area contributed by atoms with Crippen LogP contribution in [-0.2, 0) is 11.2 Å². The first kappa shape index (κ1) is 15.5. The van der Waals surface area contributed by atoms with E-state index in [0.717, 1.165) is 0 Å². The molecule has 1 aromatic carbocycles. The number of hydrogen-bond acceptors (Lipinski definition) is 5. The number of oxazole rings is 1. The summed E-state index contributed by atoms with van der Waals surface area (Å²) in [6.07, 6.45) is 3.44. The Bertz CT molecular complexity index is 816. The van der Waals surface area contributed by atoms with Crippen molar-refractivity contribution in [1.29, 1.82) is 0 Å². The monoisotopic (exact) mass is 351 g/mol. The summed E-state index contributed by atoms with van der Waals surface area (Å²) in [5.74, 6) is 1.05. The van der Waals surface area contributed by atoms with Crippen LogP contribution in [0.4, 0.5) is 5.95 Å². The molecule has 23 heavy (non-hydrogen) atoms. The van der Waals surface area contributed by atoms with Crippen molar-refractivity contribution in [2.75, 3.05) is 5.32 Å². The van der Waals surface area contributed by atoms with Crippen LogP contribution < -0.4 is 5.32 Å². The molecule has 0 unspecified atom stereocenters. The lowest BCUT2D eigenvalue weighted by Gasteiger charge is -2.01. The van der Waals surface area contributed by atoms with Crippen molar-refractivity contribution >= 4 is 35.1 Å². The van der Waals surface area contributed by atoms with E-state index in [4.69, 9.17) is 27.6 Å². The van der Waals surface area contributed by atoms with Crippen molar-refractivity contribution in [3.63, 3.8) is 0 Å². The largest absolute Gasteiger partial charge is 0.441 e. The van der Waals surface area contributed by atoms with Crippen LogP contribution in [-0.4, -0.2) is 26.1 Å². The minimum Gasteiger partial charge on any atom is -0.441 e. The molecule has 0 spiro atoms.